The molecule has 0 unspecified atom stereocenters. The first-order valence-corrected chi connectivity index (χ1v) is 9.30. The zero-order chi connectivity index (χ0) is 19.5. The Hall–Kier alpha value is -3.22. The summed E-state index contributed by atoms with van der Waals surface area (Å²) in [4.78, 5) is 14.2. The van der Waals surface area contributed by atoms with Crippen molar-refractivity contribution in [2.75, 3.05) is 18.4 Å². The molecule has 3 aromatic rings. The van der Waals surface area contributed by atoms with E-state index < -0.39 is 0 Å². The number of aromatic nitrogens is 2. The molecule has 0 radical (unpaired) electrons. The molecule has 28 heavy (non-hydrogen) atoms. The van der Waals surface area contributed by atoms with E-state index >= 15 is 0 Å². The number of amides is 2. The molecule has 1 aliphatic rings. The van der Waals surface area contributed by atoms with Gasteiger partial charge in [0.1, 0.15) is 5.82 Å². The van der Waals surface area contributed by atoms with Crippen LogP contribution in [0.1, 0.15) is 30.2 Å². The number of rotatable bonds is 3. The predicted octanol–water partition coefficient (Wildman–Crippen LogP) is 4.60. The van der Waals surface area contributed by atoms with Crippen molar-refractivity contribution < 1.29 is 13.6 Å². The number of carbonyl (C=O) groups excluding carboxylic acids is 1. The first kappa shape index (κ1) is 18.2. The topological polar surface area (TPSA) is 71.3 Å². The van der Waals surface area contributed by atoms with E-state index in [1.165, 1.54) is 12.1 Å². The Morgan fingerprint density at radius 2 is 1.75 bits per heavy atom. The van der Waals surface area contributed by atoms with E-state index in [-0.39, 0.29) is 17.8 Å². The third-order valence-corrected chi connectivity index (χ3v) is 4.97. The van der Waals surface area contributed by atoms with Crippen LogP contribution in [0.4, 0.5) is 14.9 Å². The molecular weight excluding hydrogens is 359 g/mol. The first-order valence-electron chi connectivity index (χ1n) is 9.30. The molecule has 1 fully saturated rings. The van der Waals surface area contributed by atoms with Crippen molar-refractivity contribution >= 4 is 11.7 Å². The molecule has 2 heterocycles. The summed E-state index contributed by atoms with van der Waals surface area (Å²) in [6.07, 6.45) is 1.51. The molecule has 1 aromatic heterocycles. The van der Waals surface area contributed by atoms with Gasteiger partial charge in [-0.15, -0.1) is 10.2 Å². The maximum Gasteiger partial charge on any atom is 0.321 e. The minimum atomic E-state index is -0.306. The number of aryl methyl sites for hydroxylation is 1. The molecule has 6 nitrogen and oxygen atoms in total. The molecule has 7 heteroatoms. The average molecular weight is 380 g/mol. The van der Waals surface area contributed by atoms with Gasteiger partial charge in [0.05, 0.1) is 0 Å². The van der Waals surface area contributed by atoms with Crippen LogP contribution < -0.4 is 5.32 Å². The lowest BCUT2D eigenvalue weighted by Crippen LogP contribution is -2.40. The normalized spacial score (nSPS) is 14.9. The summed E-state index contributed by atoms with van der Waals surface area (Å²) >= 11 is 0. The summed E-state index contributed by atoms with van der Waals surface area (Å²) < 4.78 is 18.8. The molecule has 0 saturated carbocycles. The zero-order valence-electron chi connectivity index (χ0n) is 15.6. The van der Waals surface area contributed by atoms with Gasteiger partial charge in [-0.2, -0.15) is 0 Å². The van der Waals surface area contributed by atoms with Gasteiger partial charge in [-0.1, -0.05) is 17.7 Å². The molecule has 2 aromatic carbocycles. The zero-order valence-corrected chi connectivity index (χ0v) is 15.6. The van der Waals surface area contributed by atoms with Crippen LogP contribution in [-0.2, 0) is 0 Å². The quantitative estimate of drug-likeness (QED) is 0.721. The summed E-state index contributed by atoms with van der Waals surface area (Å²) in [6.45, 7) is 3.25. The Bertz CT molecular complexity index is 945. The van der Waals surface area contributed by atoms with E-state index in [4.69, 9.17) is 4.42 Å². The highest BCUT2D eigenvalue weighted by Gasteiger charge is 2.27. The van der Waals surface area contributed by atoms with Crippen molar-refractivity contribution in [1.29, 1.82) is 0 Å². The lowest BCUT2D eigenvalue weighted by Gasteiger charge is -2.30. The largest absolute Gasteiger partial charge is 0.420 e. The van der Waals surface area contributed by atoms with E-state index in [0.29, 0.717) is 30.4 Å². The molecular formula is C21H21FN4O2. The number of carbonyl (C=O) groups is 1. The minimum Gasteiger partial charge on any atom is -0.420 e. The van der Waals surface area contributed by atoms with Crippen LogP contribution in [0, 0.1) is 12.7 Å². The van der Waals surface area contributed by atoms with Crippen molar-refractivity contribution in [3.63, 3.8) is 0 Å². The second-order valence-electron chi connectivity index (χ2n) is 7.01. The Balaban J connectivity index is 1.34. The van der Waals surface area contributed by atoms with Gasteiger partial charge in [-0.3, -0.25) is 0 Å². The molecule has 4 rings (SSSR count). The molecule has 0 atom stereocenters. The smallest absolute Gasteiger partial charge is 0.321 e. The van der Waals surface area contributed by atoms with Crippen LogP contribution in [0.3, 0.4) is 0 Å². The third-order valence-electron chi connectivity index (χ3n) is 4.97. The van der Waals surface area contributed by atoms with Crippen LogP contribution >= 0.6 is 0 Å². The second-order valence-corrected chi connectivity index (χ2v) is 7.01. The van der Waals surface area contributed by atoms with Crippen molar-refractivity contribution in [2.45, 2.75) is 25.7 Å². The number of urea groups is 1. The summed E-state index contributed by atoms with van der Waals surface area (Å²) in [5, 5.41) is 11.2. The van der Waals surface area contributed by atoms with Crippen LogP contribution in [0.2, 0.25) is 0 Å². The van der Waals surface area contributed by atoms with E-state index in [2.05, 4.69) is 15.5 Å². The standard InChI is InChI=1S/C21H21FN4O2/c1-14-2-8-18(9-3-14)23-21(27)26-12-10-16(11-13-26)20-25-24-19(28-20)15-4-6-17(22)7-5-15/h2-9,16H,10-13H2,1H3,(H,23,27). The van der Waals surface area contributed by atoms with Gasteiger partial charge >= 0.3 is 6.03 Å². The number of halogens is 1. The van der Waals surface area contributed by atoms with Gasteiger partial charge in [-0.05, 0) is 56.2 Å². The molecule has 1 N–H and O–H groups in total. The van der Waals surface area contributed by atoms with Gasteiger partial charge in [0.25, 0.3) is 0 Å². The molecule has 1 saturated heterocycles. The van der Waals surface area contributed by atoms with Gasteiger partial charge in [0, 0.05) is 30.3 Å². The number of benzene rings is 2. The van der Waals surface area contributed by atoms with Crippen molar-refractivity contribution in [3.8, 4) is 11.5 Å². The van der Waals surface area contributed by atoms with Gasteiger partial charge in [0.2, 0.25) is 11.8 Å². The Morgan fingerprint density at radius 3 is 2.43 bits per heavy atom. The predicted molar refractivity (Wildman–Crippen MR) is 103 cm³/mol. The summed E-state index contributed by atoms with van der Waals surface area (Å²) in [5.41, 5.74) is 2.63. The number of hydrogen-bond acceptors (Lipinski definition) is 4. The first-order chi connectivity index (χ1) is 13.6. The van der Waals surface area contributed by atoms with Crippen LogP contribution in [0.5, 0.6) is 0 Å². The van der Waals surface area contributed by atoms with E-state index in [0.717, 1.165) is 24.1 Å². The molecule has 0 spiro atoms. The summed E-state index contributed by atoms with van der Waals surface area (Å²) in [5.74, 6) is 0.761. The fourth-order valence-electron chi connectivity index (χ4n) is 3.28. The summed E-state index contributed by atoms with van der Waals surface area (Å²) in [6, 6.07) is 13.6. The molecule has 1 aliphatic heterocycles. The molecule has 144 valence electrons. The van der Waals surface area contributed by atoms with E-state index in [1.807, 2.05) is 31.2 Å². The van der Waals surface area contributed by atoms with Crippen LogP contribution in [-0.4, -0.2) is 34.2 Å². The molecule has 0 bridgehead atoms. The number of nitrogens with zero attached hydrogens (tertiary/aromatic N) is 3. The van der Waals surface area contributed by atoms with Crippen LogP contribution in [0.15, 0.2) is 52.9 Å². The van der Waals surface area contributed by atoms with Gasteiger partial charge in [-0.25, -0.2) is 9.18 Å². The lowest BCUT2D eigenvalue weighted by molar-refractivity contribution is 0.190. The fourth-order valence-corrected chi connectivity index (χ4v) is 3.28. The monoisotopic (exact) mass is 380 g/mol. The highest BCUT2D eigenvalue weighted by atomic mass is 19.1. The maximum atomic E-state index is 13.1. The number of piperidine rings is 1. The fraction of sp³-hybridized carbons (Fsp3) is 0.286. The highest BCUT2D eigenvalue weighted by molar-refractivity contribution is 5.89. The van der Waals surface area contributed by atoms with E-state index in [1.54, 1.807) is 17.0 Å². The van der Waals surface area contributed by atoms with Gasteiger partial charge in [0.15, 0.2) is 0 Å². The van der Waals surface area contributed by atoms with E-state index in [9.17, 15) is 9.18 Å². The maximum absolute atomic E-state index is 13.1. The second kappa shape index (κ2) is 7.80. The SMILES string of the molecule is Cc1ccc(NC(=O)N2CCC(c3nnc(-c4ccc(F)cc4)o3)CC2)cc1. The minimum absolute atomic E-state index is 0.0974. The van der Waals surface area contributed by atoms with Gasteiger partial charge < -0.3 is 14.6 Å². The number of anilines is 1. The lowest BCUT2D eigenvalue weighted by atomic mass is 9.97. The average Bonchev–Trinajstić information content (AvgIpc) is 3.20. The highest BCUT2D eigenvalue weighted by Crippen LogP contribution is 2.29. The molecule has 0 aliphatic carbocycles. The Kier molecular flexibility index (Phi) is 5.06. The van der Waals surface area contributed by atoms with Crippen LogP contribution in [0.25, 0.3) is 11.5 Å². The van der Waals surface area contributed by atoms with Crippen molar-refractivity contribution in [3.05, 3.63) is 65.8 Å². The molecule has 2 amide bonds. The van der Waals surface area contributed by atoms with Crippen molar-refractivity contribution in [2.24, 2.45) is 0 Å². The number of nitrogens with one attached hydrogen (secondary N) is 1. The Labute approximate surface area is 162 Å². The number of hydrogen-bond donors (Lipinski definition) is 1. The third kappa shape index (κ3) is 4.03. The Morgan fingerprint density at radius 1 is 1.07 bits per heavy atom. The number of likely N-dealkylation sites (tertiary alicyclic amines) is 1. The summed E-state index contributed by atoms with van der Waals surface area (Å²) in [7, 11) is 0. The van der Waals surface area contributed by atoms with Crippen molar-refractivity contribution in [1.82, 2.24) is 15.1 Å².